The fourth-order valence-electron chi connectivity index (χ4n) is 2.91. The summed E-state index contributed by atoms with van der Waals surface area (Å²) in [6.07, 6.45) is 2.64. The van der Waals surface area contributed by atoms with Crippen molar-refractivity contribution >= 4 is 21.4 Å². The van der Waals surface area contributed by atoms with Crippen LogP contribution in [0.5, 0.6) is 0 Å². The molecule has 5 nitrogen and oxygen atoms in total. The van der Waals surface area contributed by atoms with Crippen molar-refractivity contribution in [2.75, 3.05) is 13.1 Å². The number of benzene rings is 1. The molecule has 1 saturated heterocycles. The molecule has 0 radical (unpaired) electrons. The summed E-state index contributed by atoms with van der Waals surface area (Å²) in [6, 6.07) is 8.58. The van der Waals surface area contributed by atoms with E-state index in [0.717, 1.165) is 44.6 Å². The molecule has 0 unspecified atom stereocenters. The number of hydrogen-bond acceptors (Lipinski definition) is 5. The quantitative estimate of drug-likeness (QED) is 0.855. The van der Waals surface area contributed by atoms with Crippen LogP contribution in [0.3, 0.4) is 0 Å². The van der Waals surface area contributed by atoms with Crippen LogP contribution in [0.2, 0.25) is 0 Å². The van der Waals surface area contributed by atoms with Crippen molar-refractivity contribution < 1.29 is 8.42 Å². The maximum Gasteiger partial charge on any atom is 0.240 e. The van der Waals surface area contributed by atoms with Crippen LogP contribution >= 0.6 is 11.3 Å². The largest absolute Gasteiger partial charge is 0.297 e. The second-order valence-corrected chi connectivity index (χ2v) is 8.73. The van der Waals surface area contributed by atoms with Gasteiger partial charge in [-0.25, -0.2) is 18.1 Å². The van der Waals surface area contributed by atoms with Crippen molar-refractivity contribution in [3.8, 4) is 0 Å². The Morgan fingerprint density at radius 2 is 1.96 bits per heavy atom. The summed E-state index contributed by atoms with van der Waals surface area (Å²) in [4.78, 5) is 7.29. The molecule has 1 aromatic carbocycles. The van der Waals surface area contributed by atoms with Crippen LogP contribution in [0.25, 0.3) is 0 Å². The van der Waals surface area contributed by atoms with E-state index in [2.05, 4.69) is 26.9 Å². The fourth-order valence-corrected chi connectivity index (χ4v) is 4.97. The lowest BCUT2D eigenvalue weighted by Gasteiger charge is -2.31. The van der Waals surface area contributed by atoms with Crippen LogP contribution < -0.4 is 4.72 Å². The van der Waals surface area contributed by atoms with Gasteiger partial charge in [-0.15, -0.1) is 11.3 Å². The molecule has 1 aliphatic rings. The van der Waals surface area contributed by atoms with Crippen LogP contribution in [0, 0.1) is 0 Å². The van der Waals surface area contributed by atoms with E-state index in [0.29, 0.717) is 4.90 Å². The normalized spacial score (nSPS) is 17.2. The highest BCUT2D eigenvalue weighted by molar-refractivity contribution is 7.89. The molecule has 1 aliphatic heterocycles. The van der Waals surface area contributed by atoms with Crippen molar-refractivity contribution in [2.24, 2.45) is 0 Å². The van der Waals surface area contributed by atoms with Crippen molar-refractivity contribution in [1.82, 2.24) is 14.6 Å². The van der Waals surface area contributed by atoms with Gasteiger partial charge < -0.3 is 0 Å². The number of nitrogens with zero attached hydrogens (tertiary/aromatic N) is 2. The van der Waals surface area contributed by atoms with Crippen LogP contribution in [0.1, 0.15) is 30.5 Å². The van der Waals surface area contributed by atoms with E-state index < -0.39 is 10.0 Å². The summed E-state index contributed by atoms with van der Waals surface area (Å²) in [5.74, 6) is 0. The van der Waals surface area contributed by atoms with Gasteiger partial charge in [0.15, 0.2) is 0 Å². The predicted octanol–water partition coefficient (Wildman–Crippen LogP) is 2.65. The van der Waals surface area contributed by atoms with Crippen molar-refractivity contribution in [3.05, 3.63) is 46.4 Å². The molecule has 0 saturated carbocycles. The summed E-state index contributed by atoms with van der Waals surface area (Å²) in [5, 5.41) is 3.30. The molecule has 0 bridgehead atoms. The highest BCUT2D eigenvalue weighted by Crippen LogP contribution is 2.18. The zero-order valence-corrected chi connectivity index (χ0v) is 15.4. The molecule has 0 amide bonds. The van der Waals surface area contributed by atoms with Gasteiger partial charge in [-0.2, -0.15) is 0 Å². The minimum atomic E-state index is -3.42. The highest BCUT2D eigenvalue weighted by Gasteiger charge is 2.24. The number of nitrogens with one attached hydrogen (secondary N) is 1. The molecule has 2 heterocycles. The van der Waals surface area contributed by atoms with Crippen LogP contribution in [-0.2, 0) is 23.0 Å². The average molecular weight is 366 g/mol. The first-order chi connectivity index (χ1) is 11.6. The summed E-state index contributed by atoms with van der Waals surface area (Å²) in [7, 11) is -3.42. The van der Waals surface area contributed by atoms with Crippen molar-refractivity contribution in [3.63, 3.8) is 0 Å². The first-order valence-corrected chi connectivity index (χ1v) is 10.7. The molecule has 7 heteroatoms. The lowest BCUT2D eigenvalue weighted by molar-refractivity contribution is 0.198. The van der Waals surface area contributed by atoms with Gasteiger partial charge in [-0.1, -0.05) is 25.1 Å². The standard InChI is InChI=1S/C17H23N3O2S2/c1-2-17-18-15(13-23-17)12-20-10-8-14(9-11-20)19-24(21,22)16-6-4-3-5-7-16/h3-7,13-14,19H,2,8-12H2,1H3. The topological polar surface area (TPSA) is 62.3 Å². The van der Waals surface area contributed by atoms with E-state index in [1.54, 1.807) is 35.6 Å². The van der Waals surface area contributed by atoms with E-state index in [1.165, 1.54) is 5.01 Å². The third kappa shape index (κ3) is 4.42. The monoisotopic (exact) mass is 365 g/mol. The van der Waals surface area contributed by atoms with Gasteiger partial charge >= 0.3 is 0 Å². The highest BCUT2D eigenvalue weighted by atomic mass is 32.2. The number of hydrogen-bond donors (Lipinski definition) is 1. The zero-order valence-electron chi connectivity index (χ0n) is 13.8. The minimum absolute atomic E-state index is 0.00749. The molecular weight excluding hydrogens is 342 g/mol. The summed E-state index contributed by atoms with van der Waals surface area (Å²) in [5.41, 5.74) is 1.13. The van der Waals surface area contributed by atoms with Crippen LogP contribution in [0.15, 0.2) is 40.6 Å². The zero-order chi connectivity index (χ0) is 17.0. The maximum absolute atomic E-state index is 12.4. The Labute approximate surface area is 147 Å². The van der Waals surface area contributed by atoms with Gasteiger partial charge in [0.25, 0.3) is 0 Å². The Kier molecular flexibility index (Phi) is 5.65. The fraction of sp³-hybridized carbons (Fsp3) is 0.471. The third-order valence-electron chi connectivity index (χ3n) is 4.25. The molecule has 0 spiro atoms. The molecule has 1 N–H and O–H groups in total. The molecule has 0 atom stereocenters. The summed E-state index contributed by atoms with van der Waals surface area (Å²) < 4.78 is 27.6. The molecule has 24 heavy (non-hydrogen) atoms. The number of piperidine rings is 1. The molecule has 130 valence electrons. The van der Waals surface area contributed by atoms with E-state index in [1.807, 2.05) is 6.07 Å². The lowest BCUT2D eigenvalue weighted by Crippen LogP contribution is -2.44. The number of rotatable bonds is 6. The molecule has 0 aliphatic carbocycles. The lowest BCUT2D eigenvalue weighted by atomic mass is 10.1. The SMILES string of the molecule is CCc1nc(CN2CCC(NS(=O)(=O)c3ccccc3)CC2)cs1. The van der Waals surface area contributed by atoms with E-state index >= 15 is 0 Å². The second kappa shape index (κ2) is 7.74. The number of sulfonamides is 1. The summed E-state index contributed by atoms with van der Waals surface area (Å²) >= 11 is 1.71. The Morgan fingerprint density at radius 1 is 1.25 bits per heavy atom. The third-order valence-corrected chi connectivity index (χ3v) is 6.83. The van der Waals surface area contributed by atoms with Crippen LogP contribution in [0.4, 0.5) is 0 Å². The van der Waals surface area contributed by atoms with Gasteiger partial charge in [-0.05, 0) is 31.4 Å². The van der Waals surface area contributed by atoms with E-state index in [9.17, 15) is 8.42 Å². The predicted molar refractivity (Wildman–Crippen MR) is 96.6 cm³/mol. The molecule has 1 fully saturated rings. The Bertz CT molecular complexity index is 751. The van der Waals surface area contributed by atoms with Crippen LogP contribution in [-0.4, -0.2) is 37.4 Å². The smallest absolute Gasteiger partial charge is 0.240 e. The number of aromatic nitrogens is 1. The Balaban J connectivity index is 1.52. The Hall–Kier alpha value is -1.28. The summed E-state index contributed by atoms with van der Waals surface area (Å²) in [6.45, 7) is 4.75. The molecule has 1 aromatic heterocycles. The molecule has 3 rings (SSSR count). The Morgan fingerprint density at radius 3 is 2.58 bits per heavy atom. The van der Waals surface area contributed by atoms with Gasteiger partial charge in [0.2, 0.25) is 10.0 Å². The van der Waals surface area contributed by atoms with Crippen molar-refractivity contribution in [1.29, 1.82) is 0 Å². The van der Waals surface area contributed by atoms with Gasteiger partial charge in [-0.3, -0.25) is 4.90 Å². The number of thiazole rings is 1. The maximum atomic E-state index is 12.4. The number of likely N-dealkylation sites (tertiary alicyclic amines) is 1. The molecule has 2 aromatic rings. The van der Waals surface area contributed by atoms with Gasteiger partial charge in [0.05, 0.1) is 15.6 Å². The second-order valence-electron chi connectivity index (χ2n) is 6.07. The van der Waals surface area contributed by atoms with E-state index in [-0.39, 0.29) is 6.04 Å². The first kappa shape index (κ1) is 17.5. The van der Waals surface area contributed by atoms with Gasteiger partial charge in [0.1, 0.15) is 0 Å². The average Bonchev–Trinajstić information content (AvgIpc) is 3.05. The first-order valence-electron chi connectivity index (χ1n) is 8.30. The van der Waals surface area contributed by atoms with E-state index in [4.69, 9.17) is 0 Å². The van der Waals surface area contributed by atoms with Gasteiger partial charge in [0, 0.05) is 31.1 Å². The molecular formula is C17H23N3O2S2. The number of aryl methyl sites for hydroxylation is 1. The minimum Gasteiger partial charge on any atom is -0.297 e. The van der Waals surface area contributed by atoms with Crippen molar-refractivity contribution in [2.45, 2.75) is 43.7 Å².